The zero-order chi connectivity index (χ0) is 17.1. The van der Waals surface area contributed by atoms with Gasteiger partial charge in [0.1, 0.15) is 12.1 Å². The highest BCUT2D eigenvalue weighted by Gasteiger charge is 2.17. The summed E-state index contributed by atoms with van der Waals surface area (Å²) in [7, 11) is 0. The van der Waals surface area contributed by atoms with Gasteiger partial charge in [-0.1, -0.05) is 48.0 Å². The van der Waals surface area contributed by atoms with Gasteiger partial charge >= 0.3 is 0 Å². The second kappa shape index (κ2) is 7.21. The number of benzene rings is 2. The van der Waals surface area contributed by atoms with E-state index >= 15 is 0 Å². The summed E-state index contributed by atoms with van der Waals surface area (Å²) in [5.74, 6) is 0.835. The second-order valence-electron chi connectivity index (χ2n) is 6.20. The first-order chi connectivity index (χ1) is 12.3. The van der Waals surface area contributed by atoms with Crippen LogP contribution in [-0.4, -0.2) is 28.0 Å². The van der Waals surface area contributed by atoms with Crippen molar-refractivity contribution in [3.05, 3.63) is 77.1 Å². The molecule has 1 aromatic heterocycles. The van der Waals surface area contributed by atoms with Gasteiger partial charge in [-0.25, -0.2) is 9.97 Å². The average molecular weight is 351 g/mol. The number of nitrogens with one attached hydrogen (secondary N) is 1. The summed E-state index contributed by atoms with van der Waals surface area (Å²) < 4.78 is 0. The minimum atomic E-state index is 0.708. The van der Waals surface area contributed by atoms with Crippen molar-refractivity contribution in [3.63, 3.8) is 0 Å². The minimum absolute atomic E-state index is 0.708. The molecule has 0 unspecified atom stereocenters. The maximum absolute atomic E-state index is 6.06. The van der Waals surface area contributed by atoms with Gasteiger partial charge < -0.3 is 5.32 Å². The van der Waals surface area contributed by atoms with Crippen molar-refractivity contribution in [2.75, 3.05) is 18.4 Å². The van der Waals surface area contributed by atoms with E-state index in [1.54, 1.807) is 6.33 Å². The van der Waals surface area contributed by atoms with Crippen molar-refractivity contribution < 1.29 is 0 Å². The van der Waals surface area contributed by atoms with Crippen molar-refractivity contribution in [1.29, 1.82) is 0 Å². The van der Waals surface area contributed by atoms with Gasteiger partial charge in [0.2, 0.25) is 0 Å². The summed E-state index contributed by atoms with van der Waals surface area (Å²) in [6.45, 7) is 3.87. The predicted octanol–water partition coefficient (Wildman–Crippen LogP) is 4.22. The zero-order valence-electron chi connectivity index (χ0n) is 13.8. The van der Waals surface area contributed by atoms with Crippen LogP contribution in [0.3, 0.4) is 0 Å². The molecule has 0 amide bonds. The number of aromatic nitrogens is 2. The summed E-state index contributed by atoms with van der Waals surface area (Å²) in [4.78, 5) is 11.1. The molecule has 3 aromatic rings. The van der Waals surface area contributed by atoms with Crippen LogP contribution in [0.25, 0.3) is 11.3 Å². The van der Waals surface area contributed by atoms with Crippen molar-refractivity contribution in [3.8, 4) is 11.3 Å². The van der Waals surface area contributed by atoms with E-state index in [0.717, 1.165) is 43.3 Å². The normalized spacial score (nSPS) is 13.6. The van der Waals surface area contributed by atoms with E-state index in [-0.39, 0.29) is 0 Å². The molecule has 1 aliphatic heterocycles. The highest BCUT2D eigenvalue weighted by molar-refractivity contribution is 6.30. The van der Waals surface area contributed by atoms with Gasteiger partial charge in [0.25, 0.3) is 0 Å². The Morgan fingerprint density at radius 1 is 0.960 bits per heavy atom. The maximum Gasteiger partial charge on any atom is 0.129 e. The number of anilines is 1. The fraction of sp³-hybridized carbons (Fsp3) is 0.200. The Kier molecular flexibility index (Phi) is 4.63. The van der Waals surface area contributed by atoms with E-state index < -0.39 is 0 Å². The van der Waals surface area contributed by atoms with Gasteiger partial charge in [-0.05, 0) is 23.3 Å². The van der Waals surface area contributed by atoms with E-state index in [1.165, 1.54) is 11.1 Å². The molecule has 5 heteroatoms. The summed E-state index contributed by atoms with van der Waals surface area (Å²) in [6, 6.07) is 18.3. The Hall–Kier alpha value is -2.43. The van der Waals surface area contributed by atoms with Crippen LogP contribution in [0, 0.1) is 0 Å². The van der Waals surface area contributed by atoms with Gasteiger partial charge in [0.05, 0.1) is 5.69 Å². The number of fused-ring (bicyclic) bond motifs is 1. The number of rotatable bonds is 5. The molecule has 0 atom stereocenters. The molecular formula is C20H19ClN4. The average Bonchev–Trinajstić information content (AvgIpc) is 3.05. The van der Waals surface area contributed by atoms with Gasteiger partial charge in [-0.2, -0.15) is 0 Å². The SMILES string of the molecule is Clc1cccc(-c2cc(NCCN3Cc4ccccc4C3)ncn2)c1. The lowest BCUT2D eigenvalue weighted by Gasteiger charge is -2.15. The molecule has 126 valence electrons. The lowest BCUT2D eigenvalue weighted by Crippen LogP contribution is -2.24. The van der Waals surface area contributed by atoms with Gasteiger partial charge in [-0.3, -0.25) is 4.90 Å². The first-order valence-corrected chi connectivity index (χ1v) is 8.77. The lowest BCUT2D eigenvalue weighted by atomic mass is 10.1. The third-order valence-electron chi connectivity index (χ3n) is 4.43. The van der Waals surface area contributed by atoms with E-state index in [9.17, 15) is 0 Å². The van der Waals surface area contributed by atoms with Crippen LogP contribution in [-0.2, 0) is 13.1 Å². The summed E-state index contributed by atoms with van der Waals surface area (Å²) in [5, 5.41) is 4.10. The van der Waals surface area contributed by atoms with Crippen LogP contribution >= 0.6 is 11.6 Å². The fourth-order valence-electron chi connectivity index (χ4n) is 3.16. The predicted molar refractivity (Wildman–Crippen MR) is 102 cm³/mol. The number of hydrogen-bond donors (Lipinski definition) is 1. The summed E-state index contributed by atoms with van der Waals surface area (Å²) in [5.41, 5.74) is 4.74. The van der Waals surface area contributed by atoms with Crippen LogP contribution in [0.4, 0.5) is 5.82 Å². The Balaban J connectivity index is 1.36. The fourth-order valence-corrected chi connectivity index (χ4v) is 3.35. The monoisotopic (exact) mass is 350 g/mol. The number of nitrogens with zero attached hydrogens (tertiary/aromatic N) is 3. The van der Waals surface area contributed by atoms with Crippen molar-refractivity contribution in [2.24, 2.45) is 0 Å². The molecule has 0 radical (unpaired) electrons. The topological polar surface area (TPSA) is 41.0 Å². The zero-order valence-corrected chi connectivity index (χ0v) is 14.6. The van der Waals surface area contributed by atoms with Crippen LogP contribution in [0.5, 0.6) is 0 Å². The Bertz CT molecular complexity index is 856. The second-order valence-corrected chi connectivity index (χ2v) is 6.64. The van der Waals surface area contributed by atoms with Crippen molar-refractivity contribution in [2.45, 2.75) is 13.1 Å². The maximum atomic E-state index is 6.06. The molecule has 1 N–H and O–H groups in total. The first-order valence-electron chi connectivity index (χ1n) is 8.39. The lowest BCUT2D eigenvalue weighted by molar-refractivity contribution is 0.296. The number of halogens is 1. The highest BCUT2D eigenvalue weighted by atomic mass is 35.5. The van der Waals surface area contributed by atoms with E-state index in [2.05, 4.69) is 44.5 Å². The molecule has 4 rings (SSSR count). The largest absolute Gasteiger partial charge is 0.369 e. The van der Waals surface area contributed by atoms with Gasteiger partial charge in [-0.15, -0.1) is 0 Å². The molecule has 2 heterocycles. The molecule has 25 heavy (non-hydrogen) atoms. The molecule has 0 saturated heterocycles. The molecule has 1 aliphatic rings. The standard InChI is InChI=1S/C20H19ClN4/c21-18-7-3-6-15(10-18)19-11-20(24-14-23-19)22-8-9-25-12-16-4-1-2-5-17(16)13-25/h1-7,10-11,14H,8-9,12-13H2,(H,22,23,24). The molecule has 0 fully saturated rings. The highest BCUT2D eigenvalue weighted by Crippen LogP contribution is 2.23. The smallest absolute Gasteiger partial charge is 0.129 e. The Morgan fingerprint density at radius 2 is 1.76 bits per heavy atom. The molecule has 4 nitrogen and oxygen atoms in total. The third-order valence-corrected chi connectivity index (χ3v) is 4.66. The molecule has 0 spiro atoms. The Labute approximate surface area is 152 Å². The van der Waals surface area contributed by atoms with E-state index in [0.29, 0.717) is 5.02 Å². The van der Waals surface area contributed by atoms with Crippen LogP contribution in [0.1, 0.15) is 11.1 Å². The van der Waals surface area contributed by atoms with E-state index in [4.69, 9.17) is 11.6 Å². The first kappa shape index (κ1) is 16.1. The molecule has 2 aromatic carbocycles. The van der Waals surface area contributed by atoms with Crippen molar-refractivity contribution in [1.82, 2.24) is 14.9 Å². The van der Waals surface area contributed by atoms with E-state index in [1.807, 2.05) is 30.3 Å². The minimum Gasteiger partial charge on any atom is -0.369 e. The molecular weight excluding hydrogens is 332 g/mol. The molecule has 0 bridgehead atoms. The molecule has 0 aliphatic carbocycles. The van der Waals surface area contributed by atoms with Crippen LogP contribution in [0.2, 0.25) is 5.02 Å². The van der Waals surface area contributed by atoms with Crippen molar-refractivity contribution >= 4 is 17.4 Å². The number of hydrogen-bond acceptors (Lipinski definition) is 4. The van der Waals surface area contributed by atoms with Crippen LogP contribution in [0.15, 0.2) is 60.9 Å². The third kappa shape index (κ3) is 3.81. The van der Waals surface area contributed by atoms with Gasteiger partial charge in [0, 0.05) is 42.8 Å². The van der Waals surface area contributed by atoms with Crippen LogP contribution < -0.4 is 5.32 Å². The Morgan fingerprint density at radius 3 is 2.52 bits per heavy atom. The quantitative estimate of drug-likeness (QED) is 0.747. The summed E-state index contributed by atoms with van der Waals surface area (Å²) >= 11 is 6.06. The summed E-state index contributed by atoms with van der Waals surface area (Å²) in [6.07, 6.45) is 1.59. The van der Waals surface area contributed by atoms with Gasteiger partial charge in [0.15, 0.2) is 0 Å². The molecule has 0 saturated carbocycles.